The van der Waals surface area contributed by atoms with Gasteiger partial charge in [0, 0.05) is 24.5 Å². The lowest BCUT2D eigenvalue weighted by atomic mass is 9.68. The normalized spacial score (nSPS) is 23.8. The highest BCUT2D eigenvalue weighted by Gasteiger charge is 2.37. The molecule has 2 N–H and O–H groups in total. The molecule has 1 aliphatic carbocycles. The highest BCUT2D eigenvalue weighted by atomic mass is 32.1. The van der Waals surface area contributed by atoms with Crippen molar-refractivity contribution in [2.75, 3.05) is 19.6 Å². The summed E-state index contributed by atoms with van der Waals surface area (Å²) in [4.78, 5) is 4.22. The van der Waals surface area contributed by atoms with Crippen LogP contribution in [-0.4, -0.2) is 24.5 Å². The van der Waals surface area contributed by atoms with E-state index in [-0.39, 0.29) is 0 Å². The van der Waals surface area contributed by atoms with Gasteiger partial charge in [0.1, 0.15) is 0 Å². The molecule has 1 aliphatic heterocycles. The molecule has 2 nitrogen and oxygen atoms in total. The van der Waals surface area contributed by atoms with E-state index in [2.05, 4.69) is 16.3 Å². The minimum Gasteiger partial charge on any atom is -0.330 e. The van der Waals surface area contributed by atoms with Gasteiger partial charge in [-0.05, 0) is 48.2 Å². The van der Waals surface area contributed by atoms with Gasteiger partial charge in [0.15, 0.2) is 0 Å². The van der Waals surface area contributed by atoms with Gasteiger partial charge in [0.05, 0.1) is 0 Å². The van der Waals surface area contributed by atoms with Crippen LogP contribution >= 0.6 is 11.3 Å². The molecular formula is C13H20N2S. The number of rotatable bonds is 3. The van der Waals surface area contributed by atoms with E-state index in [9.17, 15) is 0 Å². The van der Waals surface area contributed by atoms with Crippen LogP contribution in [0, 0.1) is 5.41 Å². The van der Waals surface area contributed by atoms with Crippen LogP contribution in [0.1, 0.15) is 29.7 Å². The largest absolute Gasteiger partial charge is 0.330 e. The molecule has 2 aliphatic rings. The molecule has 16 heavy (non-hydrogen) atoms. The third kappa shape index (κ3) is 1.81. The Kier molecular flexibility index (Phi) is 2.78. The summed E-state index contributed by atoms with van der Waals surface area (Å²) in [6.45, 7) is 4.48. The Hall–Kier alpha value is -0.380. The summed E-state index contributed by atoms with van der Waals surface area (Å²) in [6, 6.07) is 2.29. The molecule has 2 heterocycles. The van der Waals surface area contributed by atoms with E-state index >= 15 is 0 Å². The average molecular weight is 236 g/mol. The maximum absolute atomic E-state index is 5.94. The lowest BCUT2D eigenvalue weighted by Gasteiger charge is -2.45. The molecule has 1 fully saturated rings. The van der Waals surface area contributed by atoms with Crippen LogP contribution in [0.3, 0.4) is 0 Å². The van der Waals surface area contributed by atoms with Crippen LogP contribution in [0.25, 0.3) is 0 Å². The zero-order valence-corrected chi connectivity index (χ0v) is 10.6. The number of nitrogens with two attached hydrogens (primary N) is 1. The maximum Gasteiger partial charge on any atom is 0.0245 e. The molecule has 1 aromatic rings. The first-order valence-corrected chi connectivity index (χ1v) is 7.17. The molecule has 0 unspecified atom stereocenters. The van der Waals surface area contributed by atoms with Crippen molar-refractivity contribution in [1.29, 1.82) is 0 Å². The third-order valence-electron chi connectivity index (χ3n) is 4.29. The van der Waals surface area contributed by atoms with E-state index in [0.717, 1.165) is 13.1 Å². The Morgan fingerprint density at radius 3 is 3.00 bits per heavy atom. The highest BCUT2D eigenvalue weighted by molar-refractivity contribution is 7.10. The summed E-state index contributed by atoms with van der Waals surface area (Å²) in [5.74, 6) is 0. The van der Waals surface area contributed by atoms with Gasteiger partial charge in [0.2, 0.25) is 0 Å². The van der Waals surface area contributed by atoms with Crippen molar-refractivity contribution in [3.8, 4) is 0 Å². The third-order valence-corrected chi connectivity index (χ3v) is 5.32. The van der Waals surface area contributed by atoms with Crippen molar-refractivity contribution in [2.24, 2.45) is 11.1 Å². The Morgan fingerprint density at radius 1 is 1.44 bits per heavy atom. The maximum atomic E-state index is 5.94. The van der Waals surface area contributed by atoms with Gasteiger partial charge in [-0.1, -0.05) is 6.42 Å². The summed E-state index contributed by atoms with van der Waals surface area (Å²) in [7, 11) is 0. The van der Waals surface area contributed by atoms with Crippen molar-refractivity contribution >= 4 is 11.3 Å². The molecule has 0 amide bonds. The van der Waals surface area contributed by atoms with E-state index < -0.39 is 0 Å². The van der Waals surface area contributed by atoms with E-state index in [1.807, 2.05) is 11.3 Å². The number of thiophene rings is 1. The van der Waals surface area contributed by atoms with Crippen molar-refractivity contribution < 1.29 is 0 Å². The zero-order chi connectivity index (χ0) is 11.0. The molecule has 0 spiro atoms. The molecule has 88 valence electrons. The molecule has 0 bridgehead atoms. The van der Waals surface area contributed by atoms with Gasteiger partial charge < -0.3 is 5.73 Å². The van der Waals surface area contributed by atoms with Gasteiger partial charge in [-0.2, -0.15) is 0 Å². The molecule has 3 rings (SSSR count). The second-order valence-corrected chi connectivity index (χ2v) is 6.39. The SMILES string of the molecule is NCC1(CN2CCc3sccc3C2)CCC1. The van der Waals surface area contributed by atoms with Gasteiger partial charge in [-0.25, -0.2) is 0 Å². The lowest BCUT2D eigenvalue weighted by molar-refractivity contribution is 0.0684. The minimum absolute atomic E-state index is 0.466. The van der Waals surface area contributed by atoms with Crippen molar-refractivity contribution in [1.82, 2.24) is 4.90 Å². The van der Waals surface area contributed by atoms with Gasteiger partial charge >= 0.3 is 0 Å². The predicted octanol–water partition coefficient (Wildman–Crippen LogP) is 2.24. The van der Waals surface area contributed by atoms with E-state index in [1.165, 1.54) is 38.8 Å². The Labute approximate surface area is 101 Å². The van der Waals surface area contributed by atoms with Gasteiger partial charge in [0.25, 0.3) is 0 Å². The fourth-order valence-corrected chi connectivity index (χ4v) is 3.91. The van der Waals surface area contributed by atoms with Crippen LogP contribution in [-0.2, 0) is 13.0 Å². The molecule has 1 saturated carbocycles. The van der Waals surface area contributed by atoms with E-state index in [0.29, 0.717) is 5.41 Å². The standard InChI is InChI=1S/C13H20N2S/c14-9-13(4-1-5-13)10-15-6-2-12-11(8-15)3-7-16-12/h3,7H,1-2,4-6,8-10,14H2. The first-order chi connectivity index (χ1) is 7.81. The van der Waals surface area contributed by atoms with Crippen LogP contribution in [0.2, 0.25) is 0 Å². The second-order valence-electron chi connectivity index (χ2n) is 5.39. The van der Waals surface area contributed by atoms with Crippen molar-refractivity contribution in [2.45, 2.75) is 32.2 Å². The molecular weight excluding hydrogens is 216 g/mol. The van der Waals surface area contributed by atoms with Crippen molar-refractivity contribution in [3.05, 3.63) is 21.9 Å². The zero-order valence-electron chi connectivity index (χ0n) is 9.74. The number of hydrogen-bond donors (Lipinski definition) is 1. The fraction of sp³-hybridized carbons (Fsp3) is 0.692. The summed E-state index contributed by atoms with van der Waals surface area (Å²) in [5, 5.41) is 2.23. The summed E-state index contributed by atoms with van der Waals surface area (Å²) in [5.41, 5.74) is 7.96. The summed E-state index contributed by atoms with van der Waals surface area (Å²) >= 11 is 1.92. The first-order valence-electron chi connectivity index (χ1n) is 6.29. The topological polar surface area (TPSA) is 29.3 Å². The smallest absolute Gasteiger partial charge is 0.0245 e. The first kappa shape index (κ1) is 10.8. The monoisotopic (exact) mass is 236 g/mol. The molecule has 1 aromatic heterocycles. The molecule has 3 heteroatoms. The molecule has 0 saturated heterocycles. The predicted molar refractivity (Wildman–Crippen MR) is 68.6 cm³/mol. The summed E-state index contributed by atoms with van der Waals surface area (Å²) < 4.78 is 0. The van der Waals surface area contributed by atoms with Crippen LogP contribution in [0.5, 0.6) is 0 Å². The molecule has 0 atom stereocenters. The van der Waals surface area contributed by atoms with Crippen LogP contribution < -0.4 is 5.73 Å². The van der Waals surface area contributed by atoms with Gasteiger partial charge in [-0.3, -0.25) is 4.90 Å². The molecule has 0 radical (unpaired) electrons. The lowest BCUT2D eigenvalue weighted by Crippen LogP contribution is -2.48. The fourth-order valence-electron chi connectivity index (χ4n) is 3.02. The average Bonchev–Trinajstić information content (AvgIpc) is 2.70. The quantitative estimate of drug-likeness (QED) is 0.872. The number of fused-ring (bicyclic) bond motifs is 1. The number of nitrogens with zero attached hydrogens (tertiary/aromatic N) is 1. The summed E-state index contributed by atoms with van der Waals surface area (Å²) in [6.07, 6.45) is 5.31. The van der Waals surface area contributed by atoms with Crippen LogP contribution in [0.15, 0.2) is 11.4 Å². The van der Waals surface area contributed by atoms with E-state index in [1.54, 1.807) is 10.4 Å². The van der Waals surface area contributed by atoms with Gasteiger partial charge in [-0.15, -0.1) is 11.3 Å². The van der Waals surface area contributed by atoms with Crippen molar-refractivity contribution in [3.63, 3.8) is 0 Å². The Bertz CT molecular complexity index is 362. The Balaban J connectivity index is 1.65. The second kappa shape index (κ2) is 4.13. The number of hydrogen-bond acceptors (Lipinski definition) is 3. The highest BCUT2D eigenvalue weighted by Crippen LogP contribution is 2.41. The molecule has 0 aromatic carbocycles. The van der Waals surface area contributed by atoms with E-state index in [4.69, 9.17) is 5.73 Å². The van der Waals surface area contributed by atoms with Crippen LogP contribution in [0.4, 0.5) is 0 Å². The minimum atomic E-state index is 0.466. The Morgan fingerprint density at radius 2 is 2.31 bits per heavy atom.